The number of nitrogens with one attached hydrogen (secondary N) is 1. The molecule has 0 spiro atoms. The molecule has 0 aliphatic heterocycles. The maximum absolute atomic E-state index is 6.16. The zero-order chi connectivity index (χ0) is 12.9. The molecule has 1 nitrogen and oxygen atoms in total. The molecular formula is C14H21Cl2N. The smallest absolute Gasteiger partial charge is 0.0465 e. The van der Waals surface area contributed by atoms with Gasteiger partial charge in [0.15, 0.2) is 0 Å². The molecule has 1 rings (SSSR count). The van der Waals surface area contributed by atoms with Gasteiger partial charge in [-0.15, -0.1) is 0 Å². The van der Waals surface area contributed by atoms with E-state index in [1.165, 1.54) is 0 Å². The highest BCUT2D eigenvalue weighted by Gasteiger charge is 2.23. The van der Waals surface area contributed by atoms with Crippen molar-refractivity contribution in [3.63, 3.8) is 0 Å². The summed E-state index contributed by atoms with van der Waals surface area (Å²) in [7, 11) is 0. The van der Waals surface area contributed by atoms with E-state index in [9.17, 15) is 0 Å². The third kappa shape index (κ3) is 3.61. The zero-order valence-electron chi connectivity index (χ0n) is 10.8. The Kier molecular flexibility index (Phi) is 5.78. The summed E-state index contributed by atoms with van der Waals surface area (Å²) < 4.78 is 0. The normalized spacial score (nSPS) is 11.8. The van der Waals surface area contributed by atoms with Gasteiger partial charge in [0.1, 0.15) is 0 Å². The van der Waals surface area contributed by atoms with Crippen molar-refractivity contribution in [3.8, 4) is 0 Å². The van der Waals surface area contributed by atoms with Crippen molar-refractivity contribution >= 4 is 23.2 Å². The summed E-state index contributed by atoms with van der Waals surface area (Å²) in [4.78, 5) is 0. The average Bonchev–Trinajstić information content (AvgIpc) is 2.34. The molecule has 0 bridgehead atoms. The molecule has 0 heterocycles. The van der Waals surface area contributed by atoms with Gasteiger partial charge in [-0.3, -0.25) is 0 Å². The van der Waals surface area contributed by atoms with Crippen LogP contribution in [0, 0.1) is 0 Å². The van der Waals surface area contributed by atoms with Crippen molar-refractivity contribution in [3.05, 3.63) is 33.8 Å². The third-order valence-corrected chi connectivity index (χ3v) is 4.44. The molecule has 0 saturated heterocycles. The van der Waals surface area contributed by atoms with Crippen LogP contribution in [-0.4, -0.2) is 5.54 Å². The fourth-order valence-electron chi connectivity index (χ4n) is 2.10. The Bertz CT molecular complexity index is 331. The predicted octanol–water partition coefficient (Wildman–Crippen LogP) is 5.05. The number of benzene rings is 1. The first-order valence-corrected chi connectivity index (χ1v) is 7.02. The fraction of sp³-hybridized carbons (Fsp3) is 0.571. The first-order chi connectivity index (χ1) is 8.08. The van der Waals surface area contributed by atoms with Crippen LogP contribution < -0.4 is 5.32 Å². The largest absolute Gasteiger partial charge is 0.307 e. The summed E-state index contributed by atoms with van der Waals surface area (Å²) in [5, 5.41) is 5.09. The molecule has 0 atom stereocenters. The van der Waals surface area contributed by atoms with Crippen molar-refractivity contribution < 1.29 is 0 Å². The van der Waals surface area contributed by atoms with E-state index in [0.717, 1.165) is 41.4 Å². The number of halogens is 2. The minimum atomic E-state index is 0.197. The van der Waals surface area contributed by atoms with Gasteiger partial charge >= 0.3 is 0 Å². The second-order valence-electron chi connectivity index (χ2n) is 4.39. The van der Waals surface area contributed by atoms with E-state index < -0.39 is 0 Å². The quantitative estimate of drug-likeness (QED) is 0.765. The Morgan fingerprint density at radius 1 is 1.00 bits per heavy atom. The molecule has 0 aromatic heterocycles. The first kappa shape index (κ1) is 14.8. The topological polar surface area (TPSA) is 12.0 Å². The van der Waals surface area contributed by atoms with E-state index in [4.69, 9.17) is 23.2 Å². The Hall–Kier alpha value is -0.240. The molecule has 0 fully saturated rings. The van der Waals surface area contributed by atoms with Gasteiger partial charge in [0, 0.05) is 27.7 Å². The molecule has 1 N–H and O–H groups in total. The zero-order valence-corrected chi connectivity index (χ0v) is 12.3. The van der Waals surface area contributed by atoms with Crippen LogP contribution >= 0.6 is 23.2 Å². The summed E-state index contributed by atoms with van der Waals surface area (Å²) in [6, 6.07) is 5.65. The van der Waals surface area contributed by atoms with Gasteiger partial charge in [0.05, 0.1) is 0 Å². The van der Waals surface area contributed by atoms with Crippen LogP contribution in [0.1, 0.15) is 45.6 Å². The highest BCUT2D eigenvalue weighted by atomic mass is 35.5. The van der Waals surface area contributed by atoms with Crippen molar-refractivity contribution in [2.75, 3.05) is 0 Å². The molecule has 0 unspecified atom stereocenters. The number of hydrogen-bond donors (Lipinski definition) is 1. The second kappa shape index (κ2) is 6.63. The van der Waals surface area contributed by atoms with Gasteiger partial charge in [-0.2, -0.15) is 0 Å². The highest BCUT2D eigenvalue weighted by molar-refractivity contribution is 6.35. The summed E-state index contributed by atoms with van der Waals surface area (Å²) in [6.45, 7) is 7.38. The summed E-state index contributed by atoms with van der Waals surface area (Å²) >= 11 is 12.3. The number of hydrogen-bond acceptors (Lipinski definition) is 1. The Labute approximate surface area is 115 Å². The van der Waals surface area contributed by atoms with Crippen LogP contribution in [0.5, 0.6) is 0 Å². The van der Waals surface area contributed by atoms with Crippen LogP contribution in [0.2, 0.25) is 10.0 Å². The molecular weight excluding hydrogens is 253 g/mol. The Balaban J connectivity index is 2.79. The molecule has 1 aromatic rings. The minimum absolute atomic E-state index is 0.197. The molecule has 17 heavy (non-hydrogen) atoms. The second-order valence-corrected chi connectivity index (χ2v) is 5.21. The van der Waals surface area contributed by atoms with Crippen LogP contribution in [0.3, 0.4) is 0 Å². The van der Waals surface area contributed by atoms with Crippen LogP contribution in [-0.2, 0) is 6.54 Å². The van der Waals surface area contributed by atoms with Gasteiger partial charge in [-0.05, 0) is 31.4 Å². The SMILES string of the molecule is CCC(CC)(CC)NCc1c(Cl)cccc1Cl. The van der Waals surface area contributed by atoms with Crippen molar-refractivity contribution in [1.82, 2.24) is 5.32 Å². The van der Waals surface area contributed by atoms with Gasteiger partial charge < -0.3 is 5.32 Å². The standard InChI is InChI=1S/C14H21Cl2N/c1-4-14(5-2,6-3)17-10-11-12(15)8-7-9-13(11)16/h7-9,17H,4-6,10H2,1-3H3. The Morgan fingerprint density at radius 2 is 1.47 bits per heavy atom. The van der Waals surface area contributed by atoms with Crippen molar-refractivity contribution in [2.45, 2.75) is 52.1 Å². The lowest BCUT2D eigenvalue weighted by molar-refractivity contribution is 0.288. The Morgan fingerprint density at radius 3 is 1.88 bits per heavy atom. The van der Waals surface area contributed by atoms with Crippen LogP contribution in [0.25, 0.3) is 0 Å². The monoisotopic (exact) mass is 273 g/mol. The summed E-state index contributed by atoms with van der Waals surface area (Å²) in [5.41, 5.74) is 1.19. The van der Waals surface area contributed by atoms with Crippen molar-refractivity contribution in [2.24, 2.45) is 0 Å². The van der Waals surface area contributed by atoms with Gasteiger partial charge in [0.2, 0.25) is 0 Å². The van der Waals surface area contributed by atoms with Crippen LogP contribution in [0.4, 0.5) is 0 Å². The maximum Gasteiger partial charge on any atom is 0.0465 e. The lowest BCUT2D eigenvalue weighted by Crippen LogP contribution is -2.43. The average molecular weight is 274 g/mol. The van der Waals surface area contributed by atoms with E-state index in [-0.39, 0.29) is 5.54 Å². The molecule has 3 heteroatoms. The number of rotatable bonds is 6. The summed E-state index contributed by atoms with van der Waals surface area (Å²) in [6.07, 6.45) is 3.34. The molecule has 0 radical (unpaired) electrons. The molecule has 0 saturated carbocycles. The fourth-order valence-corrected chi connectivity index (χ4v) is 2.63. The lowest BCUT2D eigenvalue weighted by Gasteiger charge is -2.32. The molecule has 0 aliphatic carbocycles. The van der Waals surface area contributed by atoms with Gasteiger partial charge in [0.25, 0.3) is 0 Å². The lowest BCUT2D eigenvalue weighted by atomic mass is 9.89. The van der Waals surface area contributed by atoms with E-state index >= 15 is 0 Å². The van der Waals surface area contributed by atoms with Gasteiger partial charge in [-0.25, -0.2) is 0 Å². The van der Waals surface area contributed by atoms with Crippen molar-refractivity contribution in [1.29, 1.82) is 0 Å². The maximum atomic E-state index is 6.16. The minimum Gasteiger partial charge on any atom is -0.307 e. The van der Waals surface area contributed by atoms with E-state index in [1.807, 2.05) is 18.2 Å². The predicted molar refractivity (Wildman–Crippen MR) is 76.9 cm³/mol. The summed E-state index contributed by atoms with van der Waals surface area (Å²) in [5.74, 6) is 0. The molecule has 1 aromatic carbocycles. The van der Waals surface area contributed by atoms with E-state index in [2.05, 4.69) is 26.1 Å². The molecule has 96 valence electrons. The first-order valence-electron chi connectivity index (χ1n) is 6.26. The third-order valence-electron chi connectivity index (χ3n) is 3.73. The van der Waals surface area contributed by atoms with Gasteiger partial charge in [-0.1, -0.05) is 50.0 Å². The van der Waals surface area contributed by atoms with E-state index in [1.54, 1.807) is 0 Å². The van der Waals surface area contributed by atoms with Crippen LogP contribution in [0.15, 0.2) is 18.2 Å². The molecule has 0 aliphatic rings. The van der Waals surface area contributed by atoms with E-state index in [0.29, 0.717) is 0 Å². The highest BCUT2D eigenvalue weighted by Crippen LogP contribution is 2.26. The molecule has 0 amide bonds.